The van der Waals surface area contributed by atoms with Crippen LogP contribution < -0.4 is 4.90 Å². The highest BCUT2D eigenvalue weighted by molar-refractivity contribution is 6.06. The molecule has 13 rings (SSSR count). The number of rotatable bonds is 10. The minimum Gasteiger partial charge on any atom is -0.456 e. The summed E-state index contributed by atoms with van der Waals surface area (Å²) in [4.78, 5) is 2.36. The largest absolute Gasteiger partial charge is 0.456 e. The number of furan rings is 1. The molecule has 0 amide bonds. The van der Waals surface area contributed by atoms with Crippen molar-refractivity contribution in [2.45, 2.75) is 10.8 Å². The van der Waals surface area contributed by atoms with Crippen molar-refractivity contribution in [2.75, 3.05) is 4.90 Å². The third-order valence-electron chi connectivity index (χ3n) is 14.7. The predicted octanol–water partition coefficient (Wildman–Crippen LogP) is 17.5. The molecule has 2 heteroatoms. The van der Waals surface area contributed by atoms with Gasteiger partial charge in [-0.15, -0.1) is 0 Å². The molecule has 2 nitrogen and oxygen atoms in total. The van der Waals surface area contributed by atoms with Gasteiger partial charge in [0.25, 0.3) is 0 Å². The Labute approximate surface area is 409 Å². The van der Waals surface area contributed by atoms with E-state index in [4.69, 9.17) is 4.42 Å². The smallest absolute Gasteiger partial charge is 0.140 e. The van der Waals surface area contributed by atoms with Crippen LogP contribution in [0.1, 0.15) is 44.5 Å². The van der Waals surface area contributed by atoms with Gasteiger partial charge in [-0.25, -0.2) is 0 Å². The summed E-state index contributed by atoms with van der Waals surface area (Å²) in [7, 11) is 0. The third-order valence-corrected chi connectivity index (χ3v) is 14.7. The van der Waals surface area contributed by atoms with Crippen LogP contribution in [0.3, 0.4) is 0 Å². The number of benzene rings is 11. The quantitative estimate of drug-likeness (QED) is 0.127. The van der Waals surface area contributed by atoms with Crippen molar-refractivity contribution in [1.29, 1.82) is 0 Å². The summed E-state index contributed by atoms with van der Waals surface area (Å²) in [5.74, 6) is 0. The van der Waals surface area contributed by atoms with Gasteiger partial charge >= 0.3 is 0 Å². The SMILES string of the molecule is c1ccc(N(c2ccc(-c3ccc4c(c3)C(c3ccccc3)(c3ccccc3)c3ccccc3-4)cc2)c2ccc(C(c3ccccc3)(c3ccccc3)c3cccc4c3oc3ccccc34)cc2)cc1. The summed E-state index contributed by atoms with van der Waals surface area (Å²) >= 11 is 0. The number of nitrogens with zero attached hydrogens (tertiary/aromatic N) is 1. The molecule has 1 aromatic heterocycles. The Balaban J connectivity index is 0.936. The summed E-state index contributed by atoms with van der Waals surface area (Å²) in [6.45, 7) is 0. The minimum atomic E-state index is -0.705. The maximum atomic E-state index is 6.85. The Morgan fingerprint density at radius 3 is 1.44 bits per heavy atom. The summed E-state index contributed by atoms with van der Waals surface area (Å²) in [5, 5.41) is 2.22. The van der Waals surface area contributed by atoms with E-state index in [1.54, 1.807) is 0 Å². The first kappa shape index (κ1) is 41.2. The summed E-state index contributed by atoms with van der Waals surface area (Å²) in [5.41, 5.74) is 18.5. The molecule has 1 aliphatic rings. The van der Waals surface area contributed by atoms with E-state index in [2.05, 4.69) is 284 Å². The van der Waals surface area contributed by atoms with Gasteiger partial charge in [0.2, 0.25) is 0 Å². The molecule has 0 bridgehead atoms. The standard InChI is InChI=1S/C68H47NO/c1-6-21-50(22-7-1)67(51-23-8-2-9-24-51,63-35-20-33-61-60-32-17-19-36-65(60)70-66(61)63)54-40-44-57(45-41-54)69(55-29-14-5-15-30-55)56-42-37-48(38-43-56)49-39-46-59-58-31-16-18-34-62(58)68(64(59)47-49,52-25-10-3-11-26-52)53-27-12-4-13-28-53/h1-47H. The summed E-state index contributed by atoms with van der Waals surface area (Å²) in [6.07, 6.45) is 0. The van der Waals surface area contributed by atoms with Crippen molar-refractivity contribution in [3.8, 4) is 22.3 Å². The molecule has 330 valence electrons. The molecular formula is C68H47NO. The van der Waals surface area contributed by atoms with E-state index in [1.807, 2.05) is 6.07 Å². The van der Waals surface area contributed by atoms with Crippen LogP contribution in [0.25, 0.3) is 44.2 Å². The molecule has 0 radical (unpaired) electrons. The van der Waals surface area contributed by atoms with Crippen LogP contribution in [0.4, 0.5) is 17.1 Å². The fourth-order valence-corrected chi connectivity index (χ4v) is 11.7. The number of hydrogen-bond donors (Lipinski definition) is 0. The van der Waals surface area contributed by atoms with E-state index in [1.165, 1.54) is 38.9 Å². The van der Waals surface area contributed by atoms with E-state index in [9.17, 15) is 0 Å². The second-order valence-electron chi connectivity index (χ2n) is 18.3. The fourth-order valence-electron chi connectivity index (χ4n) is 11.7. The van der Waals surface area contributed by atoms with Crippen molar-refractivity contribution in [1.82, 2.24) is 0 Å². The molecule has 0 aliphatic heterocycles. The van der Waals surface area contributed by atoms with Crippen molar-refractivity contribution in [2.24, 2.45) is 0 Å². The van der Waals surface area contributed by atoms with E-state index in [0.717, 1.165) is 66.8 Å². The van der Waals surface area contributed by atoms with Crippen molar-refractivity contribution in [3.05, 3.63) is 330 Å². The van der Waals surface area contributed by atoms with Crippen LogP contribution >= 0.6 is 0 Å². The second kappa shape index (κ2) is 17.0. The molecule has 11 aromatic carbocycles. The molecule has 0 N–H and O–H groups in total. The van der Waals surface area contributed by atoms with E-state index in [0.29, 0.717) is 0 Å². The van der Waals surface area contributed by atoms with Crippen molar-refractivity contribution < 1.29 is 4.42 Å². The van der Waals surface area contributed by atoms with Gasteiger partial charge < -0.3 is 9.32 Å². The van der Waals surface area contributed by atoms with Gasteiger partial charge in [0, 0.05) is 33.4 Å². The first-order chi connectivity index (χ1) is 34.7. The average Bonchev–Trinajstić information content (AvgIpc) is 3.97. The molecule has 1 heterocycles. The van der Waals surface area contributed by atoms with Crippen molar-refractivity contribution >= 4 is 39.0 Å². The molecule has 70 heavy (non-hydrogen) atoms. The number of hydrogen-bond acceptors (Lipinski definition) is 2. The average molecular weight is 894 g/mol. The van der Waals surface area contributed by atoms with Crippen molar-refractivity contribution in [3.63, 3.8) is 0 Å². The van der Waals surface area contributed by atoms with Crippen LogP contribution in [0, 0.1) is 0 Å². The minimum absolute atomic E-state index is 0.460. The highest BCUT2D eigenvalue weighted by Crippen LogP contribution is 2.57. The Kier molecular flexibility index (Phi) is 9.99. The highest BCUT2D eigenvalue weighted by Gasteiger charge is 2.46. The zero-order valence-electron chi connectivity index (χ0n) is 38.5. The van der Waals surface area contributed by atoms with Gasteiger partial charge in [0.15, 0.2) is 0 Å². The number of anilines is 3. The van der Waals surface area contributed by atoms with Crippen LogP contribution in [0.15, 0.2) is 290 Å². The Bertz CT molecular complexity index is 3710. The molecule has 12 aromatic rings. The van der Waals surface area contributed by atoms with E-state index in [-0.39, 0.29) is 0 Å². The lowest BCUT2D eigenvalue weighted by atomic mass is 9.65. The van der Waals surface area contributed by atoms with Gasteiger partial charge in [-0.3, -0.25) is 0 Å². The molecule has 0 saturated carbocycles. The van der Waals surface area contributed by atoms with Gasteiger partial charge in [-0.1, -0.05) is 237 Å². The lowest BCUT2D eigenvalue weighted by molar-refractivity contribution is 0.645. The maximum absolute atomic E-state index is 6.85. The normalized spacial score (nSPS) is 12.7. The van der Waals surface area contributed by atoms with Crippen LogP contribution in [-0.4, -0.2) is 0 Å². The first-order valence-corrected chi connectivity index (χ1v) is 24.2. The van der Waals surface area contributed by atoms with Crippen LogP contribution in [0.2, 0.25) is 0 Å². The molecular weight excluding hydrogens is 847 g/mol. The number of fused-ring (bicyclic) bond motifs is 6. The highest BCUT2D eigenvalue weighted by atomic mass is 16.3. The zero-order valence-corrected chi connectivity index (χ0v) is 38.5. The zero-order chi connectivity index (χ0) is 46.5. The van der Waals surface area contributed by atoms with Gasteiger partial charge in [0.05, 0.1) is 10.8 Å². The van der Waals surface area contributed by atoms with Crippen LogP contribution in [-0.2, 0) is 10.8 Å². The molecule has 0 saturated heterocycles. The monoisotopic (exact) mass is 893 g/mol. The Morgan fingerprint density at radius 1 is 0.329 bits per heavy atom. The molecule has 0 unspecified atom stereocenters. The Morgan fingerprint density at radius 2 is 0.800 bits per heavy atom. The fraction of sp³-hybridized carbons (Fsp3) is 0.0294. The third kappa shape index (κ3) is 6.41. The lowest BCUT2D eigenvalue weighted by Crippen LogP contribution is -2.31. The molecule has 0 spiro atoms. The van der Waals surface area contributed by atoms with Gasteiger partial charge in [0.1, 0.15) is 11.2 Å². The summed E-state index contributed by atoms with van der Waals surface area (Å²) in [6, 6.07) is 104. The predicted molar refractivity (Wildman–Crippen MR) is 289 cm³/mol. The molecule has 0 atom stereocenters. The number of para-hydroxylation sites is 3. The topological polar surface area (TPSA) is 16.4 Å². The van der Waals surface area contributed by atoms with E-state index < -0.39 is 10.8 Å². The Hall–Kier alpha value is -8.98. The maximum Gasteiger partial charge on any atom is 0.140 e. The molecule has 1 aliphatic carbocycles. The van der Waals surface area contributed by atoms with Crippen LogP contribution in [0.5, 0.6) is 0 Å². The van der Waals surface area contributed by atoms with Gasteiger partial charge in [-0.2, -0.15) is 0 Å². The summed E-state index contributed by atoms with van der Waals surface area (Å²) < 4.78 is 6.85. The molecule has 0 fully saturated rings. The van der Waals surface area contributed by atoms with E-state index >= 15 is 0 Å². The first-order valence-electron chi connectivity index (χ1n) is 24.2. The second-order valence-corrected chi connectivity index (χ2v) is 18.3. The lowest BCUT2D eigenvalue weighted by Gasteiger charge is -2.37. The van der Waals surface area contributed by atoms with Gasteiger partial charge in [-0.05, 0) is 110 Å².